The molecule has 0 radical (unpaired) electrons. The van der Waals surface area contributed by atoms with E-state index in [0.29, 0.717) is 6.10 Å². The van der Waals surface area contributed by atoms with Gasteiger partial charge in [-0.3, -0.25) is 0 Å². The van der Waals surface area contributed by atoms with Crippen molar-refractivity contribution in [3.63, 3.8) is 0 Å². The molecule has 0 saturated carbocycles. The van der Waals surface area contributed by atoms with E-state index in [9.17, 15) is 0 Å². The van der Waals surface area contributed by atoms with Crippen LogP contribution in [0.3, 0.4) is 0 Å². The third-order valence-corrected chi connectivity index (χ3v) is 3.95. The van der Waals surface area contributed by atoms with Crippen LogP contribution in [0.5, 0.6) is 0 Å². The molecule has 3 nitrogen and oxygen atoms in total. The van der Waals surface area contributed by atoms with Gasteiger partial charge < -0.3 is 9.64 Å². The second-order valence-corrected chi connectivity index (χ2v) is 5.87. The smallest absolute Gasteiger partial charge is 0.142 e. The van der Waals surface area contributed by atoms with E-state index in [4.69, 9.17) is 4.74 Å². The van der Waals surface area contributed by atoms with Crippen molar-refractivity contribution in [2.45, 2.75) is 25.9 Å². The molecule has 0 aromatic carbocycles. The highest BCUT2D eigenvalue weighted by molar-refractivity contribution is 9.11. The zero-order valence-electron chi connectivity index (χ0n) is 9.83. The Labute approximate surface area is 119 Å². The minimum Gasteiger partial charge on any atom is -0.378 e. The van der Waals surface area contributed by atoms with Gasteiger partial charge in [0.2, 0.25) is 0 Å². The summed E-state index contributed by atoms with van der Waals surface area (Å²) < 4.78 is 7.69. The van der Waals surface area contributed by atoms with Gasteiger partial charge in [0, 0.05) is 30.4 Å². The highest BCUT2D eigenvalue weighted by Gasteiger charge is 2.21. The third kappa shape index (κ3) is 3.42. The standard InChI is InChI=1S/C12H16Br2N2O/c1-2-17-10-3-5-16(6-4-10)12-11(14)7-9(13)8-15-12/h7-8,10H,2-6H2,1H3. The Morgan fingerprint density at radius 2 is 2.12 bits per heavy atom. The molecule has 0 spiro atoms. The Balaban J connectivity index is 2.00. The number of hydrogen-bond acceptors (Lipinski definition) is 3. The van der Waals surface area contributed by atoms with E-state index >= 15 is 0 Å². The van der Waals surface area contributed by atoms with Crippen molar-refractivity contribution in [3.8, 4) is 0 Å². The van der Waals surface area contributed by atoms with Crippen LogP contribution in [0.4, 0.5) is 5.82 Å². The van der Waals surface area contributed by atoms with Gasteiger partial charge in [-0.15, -0.1) is 0 Å². The van der Waals surface area contributed by atoms with Crippen molar-refractivity contribution in [1.82, 2.24) is 4.98 Å². The number of nitrogens with zero attached hydrogens (tertiary/aromatic N) is 2. The van der Waals surface area contributed by atoms with Gasteiger partial charge in [-0.1, -0.05) is 0 Å². The summed E-state index contributed by atoms with van der Waals surface area (Å²) in [5, 5.41) is 0. The molecular weight excluding hydrogens is 348 g/mol. The van der Waals surface area contributed by atoms with Crippen LogP contribution < -0.4 is 4.90 Å². The number of aromatic nitrogens is 1. The number of ether oxygens (including phenoxy) is 1. The van der Waals surface area contributed by atoms with Gasteiger partial charge in [0.1, 0.15) is 5.82 Å². The Kier molecular flexibility index (Phi) is 4.82. The van der Waals surface area contributed by atoms with Crippen molar-refractivity contribution in [2.24, 2.45) is 0 Å². The van der Waals surface area contributed by atoms with E-state index in [1.54, 1.807) is 0 Å². The molecule has 1 saturated heterocycles. The van der Waals surface area contributed by atoms with Crippen molar-refractivity contribution >= 4 is 37.7 Å². The van der Waals surface area contributed by atoms with Crippen LogP contribution in [0.1, 0.15) is 19.8 Å². The average Bonchev–Trinajstić information content (AvgIpc) is 2.31. The molecular formula is C12H16Br2N2O. The van der Waals surface area contributed by atoms with Crippen molar-refractivity contribution in [2.75, 3.05) is 24.6 Å². The van der Waals surface area contributed by atoms with Gasteiger partial charge in [-0.2, -0.15) is 0 Å². The molecule has 0 bridgehead atoms. The van der Waals surface area contributed by atoms with Gasteiger partial charge in [-0.05, 0) is 57.7 Å². The van der Waals surface area contributed by atoms with Crippen molar-refractivity contribution < 1.29 is 4.74 Å². The number of rotatable bonds is 3. The lowest BCUT2D eigenvalue weighted by atomic mass is 10.1. The van der Waals surface area contributed by atoms with Crippen LogP contribution >= 0.6 is 31.9 Å². The minimum atomic E-state index is 0.422. The van der Waals surface area contributed by atoms with Crippen LogP contribution in [0.2, 0.25) is 0 Å². The third-order valence-electron chi connectivity index (χ3n) is 2.93. The molecule has 94 valence electrons. The first kappa shape index (κ1) is 13.3. The van der Waals surface area contributed by atoms with Gasteiger partial charge in [0.15, 0.2) is 0 Å². The first-order valence-corrected chi connectivity index (χ1v) is 7.47. The maximum absolute atomic E-state index is 5.65. The quantitative estimate of drug-likeness (QED) is 0.820. The van der Waals surface area contributed by atoms with Crippen LogP contribution in [-0.4, -0.2) is 30.8 Å². The number of anilines is 1. The fraction of sp³-hybridized carbons (Fsp3) is 0.583. The van der Waals surface area contributed by atoms with Gasteiger partial charge in [0.05, 0.1) is 10.6 Å². The Morgan fingerprint density at radius 1 is 1.41 bits per heavy atom. The highest BCUT2D eigenvalue weighted by atomic mass is 79.9. The van der Waals surface area contributed by atoms with Crippen LogP contribution in [-0.2, 0) is 4.74 Å². The lowest BCUT2D eigenvalue weighted by Gasteiger charge is -2.33. The summed E-state index contributed by atoms with van der Waals surface area (Å²) in [4.78, 5) is 6.78. The van der Waals surface area contributed by atoms with E-state index < -0.39 is 0 Å². The van der Waals surface area contributed by atoms with Crippen LogP contribution in [0.25, 0.3) is 0 Å². The van der Waals surface area contributed by atoms with E-state index in [1.165, 1.54) is 0 Å². The lowest BCUT2D eigenvalue weighted by Crippen LogP contribution is -2.37. The minimum absolute atomic E-state index is 0.422. The first-order valence-electron chi connectivity index (χ1n) is 5.88. The Hall–Kier alpha value is -0.130. The molecule has 1 fully saturated rings. The molecule has 17 heavy (non-hydrogen) atoms. The summed E-state index contributed by atoms with van der Waals surface area (Å²) in [5.41, 5.74) is 0. The summed E-state index contributed by atoms with van der Waals surface area (Å²) >= 11 is 6.98. The van der Waals surface area contributed by atoms with E-state index in [-0.39, 0.29) is 0 Å². The van der Waals surface area contributed by atoms with E-state index in [1.807, 2.05) is 12.3 Å². The molecule has 1 aliphatic rings. The van der Waals surface area contributed by atoms with E-state index in [0.717, 1.165) is 47.3 Å². The van der Waals surface area contributed by atoms with Gasteiger partial charge in [0.25, 0.3) is 0 Å². The Morgan fingerprint density at radius 3 is 2.71 bits per heavy atom. The van der Waals surface area contributed by atoms with Crippen LogP contribution in [0.15, 0.2) is 21.2 Å². The molecule has 0 unspecified atom stereocenters. The number of halogens is 2. The second kappa shape index (κ2) is 6.16. The maximum atomic E-state index is 5.65. The van der Waals surface area contributed by atoms with Gasteiger partial charge in [-0.25, -0.2) is 4.98 Å². The molecule has 0 amide bonds. The summed E-state index contributed by atoms with van der Waals surface area (Å²) in [6, 6.07) is 2.04. The molecule has 1 aromatic heterocycles. The fourth-order valence-corrected chi connectivity index (χ4v) is 3.35. The topological polar surface area (TPSA) is 25.4 Å². The SMILES string of the molecule is CCOC1CCN(c2ncc(Br)cc2Br)CC1. The number of pyridine rings is 1. The van der Waals surface area contributed by atoms with Crippen molar-refractivity contribution in [3.05, 3.63) is 21.2 Å². The van der Waals surface area contributed by atoms with E-state index in [2.05, 4.69) is 48.7 Å². The monoisotopic (exact) mass is 362 g/mol. The predicted octanol–water partition coefficient (Wildman–Crippen LogP) is 3.61. The maximum Gasteiger partial charge on any atom is 0.142 e. The van der Waals surface area contributed by atoms with Gasteiger partial charge >= 0.3 is 0 Å². The first-order chi connectivity index (χ1) is 8.20. The molecule has 0 atom stereocenters. The molecule has 1 aromatic rings. The normalized spacial score (nSPS) is 17.5. The second-order valence-electron chi connectivity index (χ2n) is 4.10. The number of piperidine rings is 1. The zero-order chi connectivity index (χ0) is 12.3. The fourth-order valence-electron chi connectivity index (χ4n) is 2.11. The summed E-state index contributed by atoms with van der Waals surface area (Å²) in [5.74, 6) is 1.03. The molecule has 5 heteroatoms. The summed E-state index contributed by atoms with van der Waals surface area (Å²) in [7, 11) is 0. The predicted molar refractivity (Wildman–Crippen MR) is 76.5 cm³/mol. The zero-order valence-corrected chi connectivity index (χ0v) is 13.0. The summed E-state index contributed by atoms with van der Waals surface area (Å²) in [6.45, 7) is 4.89. The number of hydrogen-bond donors (Lipinski definition) is 0. The summed E-state index contributed by atoms with van der Waals surface area (Å²) in [6.07, 6.45) is 4.43. The average molecular weight is 364 g/mol. The molecule has 0 N–H and O–H groups in total. The molecule has 2 heterocycles. The molecule has 1 aliphatic heterocycles. The Bertz CT molecular complexity index is 379. The largest absolute Gasteiger partial charge is 0.378 e. The molecule has 0 aliphatic carbocycles. The van der Waals surface area contributed by atoms with Crippen molar-refractivity contribution in [1.29, 1.82) is 0 Å². The van der Waals surface area contributed by atoms with Crippen LogP contribution in [0, 0.1) is 0 Å². The molecule has 2 rings (SSSR count). The highest BCUT2D eigenvalue weighted by Crippen LogP contribution is 2.29. The lowest BCUT2D eigenvalue weighted by molar-refractivity contribution is 0.0458.